The van der Waals surface area contributed by atoms with E-state index in [4.69, 9.17) is 4.74 Å². The molecule has 0 radical (unpaired) electrons. The van der Waals surface area contributed by atoms with E-state index in [9.17, 15) is 18.4 Å². The third-order valence-electron chi connectivity index (χ3n) is 5.60. The van der Waals surface area contributed by atoms with E-state index in [0.29, 0.717) is 29.4 Å². The van der Waals surface area contributed by atoms with Crippen molar-refractivity contribution in [2.45, 2.75) is 57.0 Å². The Balaban J connectivity index is 1.70. The molecule has 1 aromatic heterocycles. The SMILES string of the molecule is CSc1ncc2c(n1)N(CC(F)F)C(=O)N(C1CCN(C(=O)OC(C)(C)C)c3ccccc31)C2. The molecule has 2 aromatic rings. The molecule has 4 rings (SSSR count). The number of nitrogens with zero attached hydrogens (tertiary/aromatic N) is 5. The second kappa shape index (κ2) is 9.36. The summed E-state index contributed by atoms with van der Waals surface area (Å²) in [6, 6.07) is 6.35. The first-order valence-electron chi connectivity index (χ1n) is 10.9. The molecule has 0 saturated carbocycles. The van der Waals surface area contributed by atoms with Crippen LogP contribution >= 0.6 is 11.8 Å². The predicted octanol–water partition coefficient (Wildman–Crippen LogP) is 5.09. The average Bonchev–Trinajstić information content (AvgIpc) is 2.78. The highest BCUT2D eigenvalue weighted by Gasteiger charge is 2.41. The number of thioether (sulfide) groups is 1. The van der Waals surface area contributed by atoms with E-state index in [2.05, 4.69) is 9.97 Å². The predicted molar refractivity (Wildman–Crippen MR) is 125 cm³/mol. The molecular formula is C23H27F2N5O3S. The molecule has 8 nitrogen and oxygen atoms in total. The molecular weight excluding hydrogens is 464 g/mol. The number of alkyl halides is 2. The van der Waals surface area contributed by atoms with Gasteiger partial charge in [-0.1, -0.05) is 30.0 Å². The Kier molecular flexibility index (Phi) is 6.66. The minimum Gasteiger partial charge on any atom is -0.443 e. The van der Waals surface area contributed by atoms with Crippen molar-refractivity contribution < 1.29 is 23.1 Å². The maximum absolute atomic E-state index is 13.5. The van der Waals surface area contributed by atoms with Crippen LogP contribution in [-0.2, 0) is 11.3 Å². The van der Waals surface area contributed by atoms with Crippen LogP contribution in [0, 0.1) is 0 Å². The molecule has 34 heavy (non-hydrogen) atoms. The first-order valence-corrected chi connectivity index (χ1v) is 12.2. The lowest BCUT2D eigenvalue weighted by Gasteiger charge is -2.44. The quantitative estimate of drug-likeness (QED) is 0.438. The number of ether oxygens (including phenoxy) is 1. The van der Waals surface area contributed by atoms with E-state index in [1.807, 2.05) is 18.2 Å². The molecule has 11 heteroatoms. The summed E-state index contributed by atoms with van der Waals surface area (Å²) < 4.78 is 32.4. The zero-order valence-corrected chi connectivity index (χ0v) is 20.3. The molecule has 1 unspecified atom stereocenters. The van der Waals surface area contributed by atoms with Crippen LogP contribution in [0.2, 0.25) is 0 Å². The van der Waals surface area contributed by atoms with Gasteiger partial charge in [-0.2, -0.15) is 0 Å². The minimum absolute atomic E-state index is 0.188. The van der Waals surface area contributed by atoms with Gasteiger partial charge in [-0.15, -0.1) is 0 Å². The molecule has 2 aliphatic heterocycles. The van der Waals surface area contributed by atoms with Crippen molar-refractivity contribution in [1.29, 1.82) is 0 Å². The smallest absolute Gasteiger partial charge is 0.414 e. The number of para-hydroxylation sites is 1. The fraction of sp³-hybridized carbons (Fsp3) is 0.478. The summed E-state index contributed by atoms with van der Waals surface area (Å²) in [4.78, 5) is 39.1. The number of amides is 3. The third kappa shape index (κ3) is 4.79. The van der Waals surface area contributed by atoms with Crippen molar-refractivity contribution in [2.75, 3.05) is 29.1 Å². The Morgan fingerprint density at radius 2 is 2.03 bits per heavy atom. The number of carbonyl (C=O) groups excluding carboxylic acids is 2. The summed E-state index contributed by atoms with van der Waals surface area (Å²) in [5.41, 5.74) is 1.35. The van der Waals surface area contributed by atoms with Gasteiger partial charge in [-0.25, -0.2) is 28.3 Å². The number of hydrogen-bond acceptors (Lipinski definition) is 6. The van der Waals surface area contributed by atoms with Gasteiger partial charge in [0.1, 0.15) is 11.4 Å². The standard InChI is InChI=1S/C23H27F2N5O3S/c1-23(2,3)33-22(32)28-10-9-17(15-7-5-6-8-16(15)28)29-12-14-11-26-20(34-4)27-19(14)30(21(29)31)13-18(24)25/h5-8,11,17-18H,9-10,12-13H2,1-4H3. The van der Waals surface area contributed by atoms with Crippen LogP contribution in [0.3, 0.4) is 0 Å². The van der Waals surface area contributed by atoms with E-state index >= 15 is 0 Å². The first-order chi connectivity index (χ1) is 16.1. The number of aromatic nitrogens is 2. The lowest BCUT2D eigenvalue weighted by atomic mass is 9.94. The summed E-state index contributed by atoms with van der Waals surface area (Å²) in [5.74, 6) is 0.223. The summed E-state index contributed by atoms with van der Waals surface area (Å²) in [5, 5.41) is 0.412. The van der Waals surface area contributed by atoms with Crippen molar-refractivity contribution in [3.63, 3.8) is 0 Å². The van der Waals surface area contributed by atoms with Crippen LogP contribution in [0.4, 0.5) is 29.9 Å². The van der Waals surface area contributed by atoms with Crippen molar-refractivity contribution >= 4 is 35.4 Å². The fourth-order valence-electron chi connectivity index (χ4n) is 4.24. The fourth-order valence-corrected chi connectivity index (χ4v) is 4.58. The van der Waals surface area contributed by atoms with Crippen LogP contribution in [0.15, 0.2) is 35.6 Å². The number of rotatable bonds is 4. The molecule has 3 amide bonds. The molecule has 182 valence electrons. The number of halogens is 2. The van der Waals surface area contributed by atoms with E-state index in [-0.39, 0.29) is 12.4 Å². The molecule has 0 spiro atoms. The van der Waals surface area contributed by atoms with Gasteiger partial charge < -0.3 is 9.64 Å². The van der Waals surface area contributed by atoms with Gasteiger partial charge in [-0.05, 0) is 45.1 Å². The topological polar surface area (TPSA) is 78.9 Å². The monoisotopic (exact) mass is 491 g/mol. The van der Waals surface area contributed by atoms with Crippen molar-refractivity contribution in [1.82, 2.24) is 14.9 Å². The second-order valence-electron chi connectivity index (χ2n) is 9.11. The van der Waals surface area contributed by atoms with Crippen molar-refractivity contribution in [3.05, 3.63) is 41.6 Å². The zero-order chi connectivity index (χ0) is 24.6. The Labute approximate surface area is 201 Å². The van der Waals surface area contributed by atoms with E-state index in [0.717, 1.165) is 10.5 Å². The van der Waals surface area contributed by atoms with Crippen LogP contribution in [0.1, 0.15) is 44.4 Å². The second-order valence-corrected chi connectivity index (χ2v) is 9.89. The lowest BCUT2D eigenvalue weighted by Crippen LogP contribution is -2.52. The average molecular weight is 492 g/mol. The Hall–Kier alpha value is -2.95. The molecule has 1 atom stereocenters. The number of carbonyl (C=O) groups is 2. The molecule has 0 bridgehead atoms. The van der Waals surface area contributed by atoms with Gasteiger partial charge in [0, 0.05) is 18.3 Å². The largest absolute Gasteiger partial charge is 0.443 e. The molecule has 1 aromatic carbocycles. The normalized spacial score (nSPS) is 18.1. The van der Waals surface area contributed by atoms with E-state index in [1.165, 1.54) is 11.8 Å². The summed E-state index contributed by atoms with van der Waals surface area (Å²) in [6.07, 6.45) is 0.625. The van der Waals surface area contributed by atoms with Crippen LogP contribution in [0.5, 0.6) is 0 Å². The lowest BCUT2D eigenvalue weighted by molar-refractivity contribution is 0.0571. The maximum Gasteiger partial charge on any atom is 0.414 e. The zero-order valence-electron chi connectivity index (χ0n) is 19.5. The molecule has 2 aliphatic rings. The number of hydrogen-bond donors (Lipinski definition) is 0. The van der Waals surface area contributed by atoms with Crippen molar-refractivity contribution in [2.24, 2.45) is 0 Å². The molecule has 3 heterocycles. The summed E-state index contributed by atoms with van der Waals surface area (Å²) in [6.45, 7) is 5.16. The van der Waals surface area contributed by atoms with Crippen LogP contribution in [0.25, 0.3) is 0 Å². The number of anilines is 2. The Morgan fingerprint density at radius 1 is 1.29 bits per heavy atom. The van der Waals surface area contributed by atoms with Gasteiger partial charge in [0.25, 0.3) is 6.43 Å². The maximum atomic E-state index is 13.5. The number of fused-ring (bicyclic) bond motifs is 2. The van der Waals surface area contributed by atoms with Gasteiger partial charge in [-0.3, -0.25) is 9.80 Å². The summed E-state index contributed by atoms with van der Waals surface area (Å²) >= 11 is 1.28. The number of benzene rings is 1. The first kappa shape index (κ1) is 24.2. The van der Waals surface area contributed by atoms with Gasteiger partial charge >= 0.3 is 12.1 Å². The third-order valence-corrected chi connectivity index (χ3v) is 6.16. The highest BCUT2D eigenvalue weighted by Crippen LogP contribution is 2.41. The van der Waals surface area contributed by atoms with Gasteiger partial charge in [0.05, 0.1) is 24.8 Å². The van der Waals surface area contributed by atoms with Gasteiger partial charge in [0.2, 0.25) is 0 Å². The minimum atomic E-state index is -2.72. The molecule has 0 fully saturated rings. The Bertz CT molecular complexity index is 1090. The molecule has 0 N–H and O–H groups in total. The highest BCUT2D eigenvalue weighted by molar-refractivity contribution is 7.98. The molecule has 0 saturated heterocycles. The van der Waals surface area contributed by atoms with Crippen LogP contribution in [-0.4, -0.2) is 58.4 Å². The van der Waals surface area contributed by atoms with E-state index in [1.54, 1.807) is 49.1 Å². The van der Waals surface area contributed by atoms with Crippen LogP contribution < -0.4 is 9.80 Å². The Morgan fingerprint density at radius 3 is 2.71 bits per heavy atom. The number of urea groups is 1. The van der Waals surface area contributed by atoms with Crippen molar-refractivity contribution in [3.8, 4) is 0 Å². The summed E-state index contributed by atoms with van der Waals surface area (Å²) in [7, 11) is 0. The molecule has 0 aliphatic carbocycles. The van der Waals surface area contributed by atoms with E-state index < -0.39 is 36.7 Å². The van der Waals surface area contributed by atoms with Gasteiger partial charge in [0.15, 0.2) is 5.16 Å². The highest BCUT2D eigenvalue weighted by atomic mass is 32.2.